The Morgan fingerprint density at radius 1 is 1.12 bits per heavy atom. The molecule has 0 aliphatic carbocycles. The first-order valence-electron chi connectivity index (χ1n) is 8.30. The molecule has 0 radical (unpaired) electrons. The second-order valence-corrected chi connectivity index (χ2v) is 8.88. The summed E-state index contributed by atoms with van der Waals surface area (Å²) < 4.78 is 27.1. The summed E-state index contributed by atoms with van der Waals surface area (Å²) in [4.78, 5) is 17.4. The van der Waals surface area contributed by atoms with Gasteiger partial charge >= 0.3 is 0 Å². The van der Waals surface area contributed by atoms with Crippen molar-refractivity contribution in [2.24, 2.45) is 0 Å². The third-order valence-electron chi connectivity index (χ3n) is 4.40. The number of pyridine rings is 1. The van der Waals surface area contributed by atoms with Crippen LogP contribution in [0.15, 0.2) is 52.9 Å². The summed E-state index contributed by atoms with van der Waals surface area (Å²) in [5.41, 5.74) is 1.23. The molecular formula is C18H17N3O3S2. The van der Waals surface area contributed by atoms with Gasteiger partial charge in [0.1, 0.15) is 9.77 Å². The van der Waals surface area contributed by atoms with Gasteiger partial charge in [0, 0.05) is 24.7 Å². The lowest BCUT2D eigenvalue weighted by Gasteiger charge is -2.15. The number of nitrogens with zero attached hydrogens (tertiary/aromatic N) is 2. The monoisotopic (exact) mass is 387 g/mol. The SMILES string of the molecule is O=C(Nc1cccc2cccnc12)c1sccc1S(=O)(=O)N1CCCC1. The van der Waals surface area contributed by atoms with E-state index in [2.05, 4.69) is 10.3 Å². The molecule has 0 unspecified atom stereocenters. The van der Waals surface area contributed by atoms with Gasteiger partial charge in [0.2, 0.25) is 10.0 Å². The molecule has 3 aromatic rings. The van der Waals surface area contributed by atoms with Crippen LogP contribution in [0.3, 0.4) is 0 Å². The van der Waals surface area contributed by atoms with Crippen LogP contribution in [-0.4, -0.2) is 36.7 Å². The second-order valence-electron chi connectivity index (χ2n) is 6.06. The number of fused-ring (bicyclic) bond motifs is 1. The molecule has 1 aromatic carbocycles. The number of carbonyl (C=O) groups is 1. The lowest BCUT2D eigenvalue weighted by molar-refractivity contribution is 0.102. The minimum absolute atomic E-state index is 0.0788. The van der Waals surface area contributed by atoms with E-state index in [0.29, 0.717) is 24.3 Å². The summed E-state index contributed by atoms with van der Waals surface area (Å²) in [6, 6.07) is 10.7. The van der Waals surface area contributed by atoms with E-state index in [1.807, 2.05) is 24.3 Å². The Hall–Kier alpha value is -2.29. The fourth-order valence-electron chi connectivity index (χ4n) is 3.12. The van der Waals surface area contributed by atoms with Crippen molar-refractivity contribution in [1.29, 1.82) is 0 Å². The summed E-state index contributed by atoms with van der Waals surface area (Å²) in [5, 5.41) is 5.36. The molecule has 4 rings (SSSR count). The van der Waals surface area contributed by atoms with Crippen molar-refractivity contribution in [3.8, 4) is 0 Å². The number of sulfonamides is 1. The van der Waals surface area contributed by atoms with Crippen LogP contribution in [0.1, 0.15) is 22.5 Å². The molecule has 2 aromatic heterocycles. The number of carbonyl (C=O) groups excluding carboxylic acids is 1. The van der Waals surface area contributed by atoms with E-state index in [1.54, 1.807) is 17.6 Å². The Kier molecular flexibility index (Phi) is 4.47. The molecule has 0 atom stereocenters. The van der Waals surface area contributed by atoms with Gasteiger partial charge in [0.15, 0.2) is 0 Å². The molecular weight excluding hydrogens is 370 g/mol. The topological polar surface area (TPSA) is 79.4 Å². The van der Waals surface area contributed by atoms with Gasteiger partial charge in [-0.2, -0.15) is 4.31 Å². The number of hydrogen-bond acceptors (Lipinski definition) is 5. The highest BCUT2D eigenvalue weighted by Crippen LogP contribution is 2.29. The summed E-state index contributed by atoms with van der Waals surface area (Å²) >= 11 is 1.13. The number of nitrogens with one attached hydrogen (secondary N) is 1. The van der Waals surface area contributed by atoms with Crippen molar-refractivity contribution in [3.63, 3.8) is 0 Å². The predicted molar refractivity (Wildman–Crippen MR) is 102 cm³/mol. The van der Waals surface area contributed by atoms with Crippen LogP contribution in [0.5, 0.6) is 0 Å². The Morgan fingerprint density at radius 2 is 1.88 bits per heavy atom. The smallest absolute Gasteiger partial charge is 0.267 e. The molecule has 0 spiro atoms. The Morgan fingerprint density at radius 3 is 2.69 bits per heavy atom. The van der Waals surface area contributed by atoms with Gasteiger partial charge < -0.3 is 5.32 Å². The Balaban J connectivity index is 1.67. The minimum atomic E-state index is -3.64. The van der Waals surface area contributed by atoms with Crippen LogP contribution < -0.4 is 5.32 Å². The van der Waals surface area contributed by atoms with E-state index >= 15 is 0 Å². The molecule has 0 bridgehead atoms. The lowest BCUT2D eigenvalue weighted by atomic mass is 10.2. The molecule has 0 saturated carbocycles. The zero-order valence-corrected chi connectivity index (χ0v) is 15.5. The molecule has 1 N–H and O–H groups in total. The molecule has 6 nitrogen and oxygen atoms in total. The van der Waals surface area contributed by atoms with E-state index in [1.165, 1.54) is 10.4 Å². The molecule has 134 valence electrons. The number of anilines is 1. The normalized spacial score (nSPS) is 15.4. The van der Waals surface area contributed by atoms with Gasteiger partial charge in [-0.25, -0.2) is 8.42 Å². The zero-order chi connectivity index (χ0) is 18.1. The first kappa shape index (κ1) is 17.1. The van der Waals surface area contributed by atoms with Gasteiger partial charge in [-0.3, -0.25) is 9.78 Å². The number of rotatable bonds is 4. The molecule has 1 aliphatic heterocycles. The van der Waals surface area contributed by atoms with Crippen molar-refractivity contribution in [2.45, 2.75) is 17.7 Å². The lowest BCUT2D eigenvalue weighted by Crippen LogP contribution is -2.29. The van der Waals surface area contributed by atoms with Crippen molar-refractivity contribution in [3.05, 3.63) is 52.9 Å². The zero-order valence-electron chi connectivity index (χ0n) is 13.9. The molecule has 1 fully saturated rings. The quantitative estimate of drug-likeness (QED) is 0.745. The summed E-state index contributed by atoms with van der Waals surface area (Å²) in [5.74, 6) is -0.434. The van der Waals surface area contributed by atoms with E-state index < -0.39 is 15.9 Å². The Labute approximate surface area is 155 Å². The summed E-state index contributed by atoms with van der Waals surface area (Å²) in [7, 11) is -3.64. The van der Waals surface area contributed by atoms with Crippen LogP contribution in [0.25, 0.3) is 10.9 Å². The standard InChI is InChI=1S/C18H17N3O3S2/c22-18(20-14-7-3-5-13-6-4-9-19-16(13)14)17-15(8-12-25-17)26(23,24)21-10-1-2-11-21/h3-9,12H,1-2,10-11H2,(H,20,22). The maximum atomic E-state index is 12.8. The number of para-hydroxylation sites is 1. The number of benzene rings is 1. The molecule has 1 saturated heterocycles. The van der Waals surface area contributed by atoms with Gasteiger partial charge in [-0.1, -0.05) is 18.2 Å². The highest BCUT2D eigenvalue weighted by Gasteiger charge is 2.31. The van der Waals surface area contributed by atoms with Gasteiger partial charge in [-0.15, -0.1) is 11.3 Å². The number of amides is 1. The third kappa shape index (κ3) is 3.00. The highest BCUT2D eigenvalue weighted by molar-refractivity contribution is 7.89. The highest BCUT2D eigenvalue weighted by atomic mass is 32.2. The second kappa shape index (κ2) is 6.79. The predicted octanol–water partition coefficient (Wildman–Crippen LogP) is 3.33. The number of hydrogen-bond donors (Lipinski definition) is 1. The molecule has 1 amide bonds. The summed E-state index contributed by atoms with van der Waals surface area (Å²) in [6.45, 7) is 1.01. The van der Waals surface area contributed by atoms with Crippen LogP contribution in [-0.2, 0) is 10.0 Å². The van der Waals surface area contributed by atoms with Gasteiger partial charge in [0.05, 0.1) is 11.2 Å². The van der Waals surface area contributed by atoms with E-state index in [9.17, 15) is 13.2 Å². The van der Waals surface area contributed by atoms with Crippen LogP contribution in [0.4, 0.5) is 5.69 Å². The first-order valence-corrected chi connectivity index (χ1v) is 10.6. The van der Waals surface area contributed by atoms with Crippen LogP contribution >= 0.6 is 11.3 Å². The average molecular weight is 387 g/mol. The number of aromatic nitrogens is 1. The fourth-order valence-corrected chi connectivity index (χ4v) is 5.93. The fraction of sp³-hybridized carbons (Fsp3) is 0.222. The van der Waals surface area contributed by atoms with Crippen molar-refractivity contribution in [1.82, 2.24) is 9.29 Å². The Bertz CT molecular complexity index is 1060. The maximum Gasteiger partial charge on any atom is 0.267 e. The van der Waals surface area contributed by atoms with Crippen molar-refractivity contribution >= 4 is 43.9 Å². The van der Waals surface area contributed by atoms with Crippen LogP contribution in [0, 0.1) is 0 Å². The maximum absolute atomic E-state index is 12.8. The van der Waals surface area contributed by atoms with Crippen molar-refractivity contribution < 1.29 is 13.2 Å². The average Bonchev–Trinajstić information content (AvgIpc) is 3.34. The van der Waals surface area contributed by atoms with E-state index in [4.69, 9.17) is 0 Å². The minimum Gasteiger partial charge on any atom is -0.319 e. The van der Waals surface area contributed by atoms with E-state index in [-0.39, 0.29) is 9.77 Å². The van der Waals surface area contributed by atoms with E-state index in [0.717, 1.165) is 29.6 Å². The molecule has 26 heavy (non-hydrogen) atoms. The van der Waals surface area contributed by atoms with Gasteiger partial charge in [-0.05, 0) is 36.4 Å². The largest absolute Gasteiger partial charge is 0.319 e. The van der Waals surface area contributed by atoms with Crippen LogP contribution in [0.2, 0.25) is 0 Å². The van der Waals surface area contributed by atoms with Crippen molar-refractivity contribution in [2.75, 3.05) is 18.4 Å². The first-order chi connectivity index (χ1) is 12.6. The number of thiophene rings is 1. The molecule has 3 heterocycles. The molecule has 8 heteroatoms. The summed E-state index contributed by atoms with van der Waals surface area (Å²) in [6.07, 6.45) is 3.37. The third-order valence-corrected chi connectivity index (χ3v) is 7.38. The molecule has 1 aliphatic rings. The van der Waals surface area contributed by atoms with Gasteiger partial charge in [0.25, 0.3) is 5.91 Å².